The zero-order chi connectivity index (χ0) is 9.94. The molecule has 0 N–H and O–H groups in total. The Balaban J connectivity index is 3.17. The first kappa shape index (κ1) is 12.2. The SMILES string of the molecule is CC=CCCCOC(=O)CCCC. The lowest BCUT2D eigenvalue weighted by Crippen LogP contribution is -2.04. The summed E-state index contributed by atoms with van der Waals surface area (Å²) >= 11 is 0. The number of carbonyl (C=O) groups excluding carboxylic acids is 1. The molecule has 2 nitrogen and oxygen atoms in total. The first-order valence-electron chi connectivity index (χ1n) is 5.08. The molecule has 0 aromatic rings. The van der Waals surface area contributed by atoms with Crippen LogP contribution in [0.25, 0.3) is 0 Å². The first-order valence-corrected chi connectivity index (χ1v) is 5.08. The molecule has 76 valence electrons. The minimum Gasteiger partial charge on any atom is -0.466 e. The number of esters is 1. The predicted octanol–water partition coefficient (Wildman–Crippen LogP) is 3.08. The minimum absolute atomic E-state index is 0.0534. The average Bonchev–Trinajstić information content (AvgIpc) is 2.14. The van der Waals surface area contributed by atoms with E-state index in [4.69, 9.17) is 4.74 Å². The van der Waals surface area contributed by atoms with Crippen LogP contribution in [0.15, 0.2) is 12.2 Å². The van der Waals surface area contributed by atoms with E-state index in [1.807, 2.05) is 13.0 Å². The zero-order valence-electron chi connectivity index (χ0n) is 8.71. The highest BCUT2D eigenvalue weighted by Crippen LogP contribution is 1.98. The normalized spacial score (nSPS) is 10.6. The van der Waals surface area contributed by atoms with E-state index in [-0.39, 0.29) is 5.97 Å². The van der Waals surface area contributed by atoms with Crippen molar-refractivity contribution in [2.75, 3.05) is 6.61 Å². The second-order valence-electron chi connectivity index (χ2n) is 3.04. The summed E-state index contributed by atoms with van der Waals surface area (Å²) in [6.45, 7) is 4.62. The fourth-order valence-electron chi connectivity index (χ4n) is 0.947. The lowest BCUT2D eigenvalue weighted by Gasteiger charge is -2.02. The molecular formula is C11H20O2. The summed E-state index contributed by atoms with van der Waals surface area (Å²) in [5, 5.41) is 0. The summed E-state index contributed by atoms with van der Waals surface area (Å²) in [7, 11) is 0. The van der Waals surface area contributed by atoms with Crippen LogP contribution in [0.1, 0.15) is 46.0 Å². The van der Waals surface area contributed by atoms with Gasteiger partial charge in [0.1, 0.15) is 0 Å². The lowest BCUT2D eigenvalue weighted by atomic mass is 10.2. The topological polar surface area (TPSA) is 26.3 Å². The Bertz CT molecular complexity index is 150. The second-order valence-corrected chi connectivity index (χ2v) is 3.04. The van der Waals surface area contributed by atoms with Gasteiger partial charge in [-0.2, -0.15) is 0 Å². The smallest absolute Gasteiger partial charge is 0.305 e. The molecule has 0 aliphatic rings. The van der Waals surface area contributed by atoms with Crippen molar-refractivity contribution in [3.05, 3.63) is 12.2 Å². The summed E-state index contributed by atoms with van der Waals surface area (Å²) in [4.78, 5) is 11.0. The van der Waals surface area contributed by atoms with Crippen molar-refractivity contribution in [3.63, 3.8) is 0 Å². The van der Waals surface area contributed by atoms with Gasteiger partial charge in [-0.25, -0.2) is 0 Å². The van der Waals surface area contributed by atoms with Crippen LogP contribution in [0.2, 0.25) is 0 Å². The first-order chi connectivity index (χ1) is 6.31. The molecule has 0 aliphatic carbocycles. The van der Waals surface area contributed by atoms with Crippen molar-refractivity contribution in [2.24, 2.45) is 0 Å². The van der Waals surface area contributed by atoms with Crippen LogP contribution in [-0.2, 0) is 9.53 Å². The lowest BCUT2D eigenvalue weighted by molar-refractivity contribution is -0.143. The van der Waals surface area contributed by atoms with E-state index in [0.29, 0.717) is 13.0 Å². The maximum Gasteiger partial charge on any atom is 0.305 e. The van der Waals surface area contributed by atoms with Crippen molar-refractivity contribution in [1.82, 2.24) is 0 Å². The largest absolute Gasteiger partial charge is 0.466 e. The van der Waals surface area contributed by atoms with E-state index in [9.17, 15) is 4.79 Å². The highest BCUT2D eigenvalue weighted by molar-refractivity contribution is 5.69. The van der Waals surface area contributed by atoms with Crippen LogP contribution < -0.4 is 0 Å². The quantitative estimate of drug-likeness (QED) is 0.345. The van der Waals surface area contributed by atoms with Crippen molar-refractivity contribution in [1.29, 1.82) is 0 Å². The molecule has 0 saturated carbocycles. The molecule has 2 heteroatoms. The molecule has 0 radical (unpaired) electrons. The number of rotatable bonds is 7. The van der Waals surface area contributed by atoms with Crippen LogP contribution >= 0.6 is 0 Å². The van der Waals surface area contributed by atoms with E-state index < -0.39 is 0 Å². The van der Waals surface area contributed by atoms with Crippen molar-refractivity contribution in [3.8, 4) is 0 Å². The summed E-state index contributed by atoms with van der Waals surface area (Å²) in [6, 6.07) is 0. The van der Waals surface area contributed by atoms with Gasteiger partial charge in [0.15, 0.2) is 0 Å². The third-order valence-corrected chi connectivity index (χ3v) is 1.75. The standard InChI is InChI=1S/C11H20O2/c1-3-5-7-8-10-13-11(12)9-6-4-2/h3,5H,4,6-10H2,1-2H3. The second kappa shape index (κ2) is 9.30. The Morgan fingerprint density at radius 3 is 2.77 bits per heavy atom. The molecule has 0 rings (SSSR count). The average molecular weight is 184 g/mol. The number of allylic oxidation sites excluding steroid dienone is 2. The molecular weight excluding hydrogens is 164 g/mol. The highest BCUT2D eigenvalue weighted by atomic mass is 16.5. The molecule has 0 unspecified atom stereocenters. The van der Waals surface area contributed by atoms with E-state index in [1.54, 1.807) is 0 Å². The number of hydrogen-bond donors (Lipinski definition) is 0. The van der Waals surface area contributed by atoms with Crippen LogP contribution in [0.4, 0.5) is 0 Å². The van der Waals surface area contributed by atoms with Gasteiger partial charge in [0.2, 0.25) is 0 Å². The number of carbonyl (C=O) groups is 1. The van der Waals surface area contributed by atoms with E-state index >= 15 is 0 Å². The molecule has 0 aromatic heterocycles. The summed E-state index contributed by atoms with van der Waals surface area (Å²) in [6.07, 6.45) is 8.58. The molecule has 0 saturated heterocycles. The van der Waals surface area contributed by atoms with Gasteiger partial charge in [-0.3, -0.25) is 4.79 Å². The van der Waals surface area contributed by atoms with Gasteiger partial charge < -0.3 is 4.74 Å². The molecule has 0 fully saturated rings. The third-order valence-electron chi connectivity index (χ3n) is 1.75. The van der Waals surface area contributed by atoms with E-state index in [1.165, 1.54) is 0 Å². The molecule has 0 bridgehead atoms. The van der Waals surface area contributed by atoms with Gasteiger partial charge in [-0.1, -0.05) is 25.5 Å². The molecule has 0 spiro atoms. The van der Waals surface area contributed by atoms with E-state index in [2.05, 4.69) is 13.0 Å². The fraction of sp³-hybridized carbons (Fsp3) is 0.727. The van der Waals surface area contributed by atoms with Crippen LogP contribution in [0.5, 0.6) is 0 Å². The van der Waals surface area contributed by atoms with Crippen LogP contribution in [-0.4, -0.2) is 12.6 Å². The monoisotopic (exact) mass is 184 g/mol. The van der Waals surface area contributed by atoms with Crippen LogP contribution in [0, 0.1) is 0 Å². The van der Waals surface area contributed by atoms with Gasteiger partial charge in [-0.15, -0.1) is 0 Å². The van der Waals surface area contributed by atoms with Gasteiger partial charge in [0.05, 0.1) is 6.61 Å². The maximum absolute atomic E-state index is 11.0. The van der Waals surface area contributed by atoms with Gasteiger partial charge >= 0.3 is 5.97 Å². The number of hydrogen-bond acceptors (Lipinski definition) is 2. The Kier molecular flexibility index (Phi) is 8.73. The molecule has 0 aromatic carbocycles. The van der Waals surface area contributed by atoms with Crippen molar-refractivity contribution < 1.29 is 9.53 Å². The predicted molar refractivity (Wildman–Crippen MR) is 54.5 cm³/mol. The zero-order valence-corrected chi connectivity index (χ0v) is 8.71. The molecule has 0 amide bonds. The van der Waals surface area contributed by atoms with Crippen molar-refractivity contribution in [2.45, 2.75) is 46.0 Å². The summed E-state index contributed by atoms with van der Waals surface area (Å²) < 4.78 is 5.02. The fourth-order valence-corrected chi connectivity index (χ4v) is 0.947. The molecule has 0 atom stereocenters. The summed E-state index contributed by atoms with van der Waals surface area (Å²) in [5.74, 6) is -0.0534. The van der Waals surface area contributed by atoms with Crippen molar-refractivity contribution >= 4 is 5.97 Å². The van der Waals surface area contributed by atoms with Gasteiger partial charge in [0, 0.05) is 6.42 Å². The number of unbranched alkanes of at least 4 members (excludes halogenated alkanes) is 2. The highest BCUT2D eigenvalue weighted by Gasteiger charge is 1.99. The summed E-state index contributed by atoms with van der Waals surface area (Å²) in [5.41, 5.74) is 0. The Hall–Kier alpha value is -0.790. The Labute approximate surface area is 81.0 Å². The van der Waals surface area contributed by atoms with Crippen LogP contribution in [0.3, 0.4) is 0 Å². The minimum atomic E-state index is -0.0534. The molecule has 13 heavy (non-hydrogen) atoms. The Morgan fingerprint density at radius 2 is 2.15 bits per heavy atom. The molecule has 0 aliphatic heterocycles. The van der Waals surface area contributed by atoms with E-state index in [0.717, 1.165) is 25.7 Å². The number of ether oxygens (including phenoxy) is 1. The van der Waals surface area contributed by atoms with Gasteiger partial charge in [0.25, 0.3) is 0 Å². The Morgan fingerprint density at radius 1 is 1.38 bits per heavy atom. The third kappa shape index (κ3) is 9.12. The maximum atomic E-state index is 11.0. The van der Waals surface area contributed by atoms with Gasteiger partial charge in [-0.05, 0) is 26.2 Å². The molecule has 0 heterocycles.